The fourth-order valence-electron chi connectivity index (χ4n) is 3.64. The lowest BCUT2D eigenvalue weighted by molar-refractivity contribution is -0.893. The first kappa shape index (κ1) is 19.9. The summed E-state index contributed by atoms with van der Waals surface area (Å²) in [6.07, 6.45) is 0.664. The minimum atomic E-state index is -2.91. The normalized spacial score (nSPS) is 19.9. The molecule has 0 bridgehead atoms. The van der Waals surface area contributed by atoms with Crippen LogP contribution in [0.2, 0.25) is 0 Å². The first-order chi connectivity index (χ1) is 12.7. The molecule has 2 atom stereocenters. The van der Waals surface area contributed by atoms with Crippen molar-refractivity contribution in [1.82, 2.24) is 9.78 Å². The van der Waals surface area contributed by atoms with Crippen molar-refractivity contribution in [3.8, 4) is 5.75 Å². The van der Waals surface area contributed by atoms with E-state index in [9.17, 15) is 8.42 Å². The summed E-state index contributed by atoms with van der Waals surface area (Å²) in [7, 11) is -0.763. The number of ether oxygens (including phenoxy) is 1. The number of hydrogen-bond acceptors (Lipinski definition) is 4. The molecule has 2 aromatic rings. The lowest BCUT2D eigenvalue weighted by atomic mass is 10.1. The van der Waals surface area contributed by atoms with Gasteiger partial charge in [-0.25, -0.2) is 8.42 Å². The van der Waals surface area contributed by atoms with E-state index in [0.717, 1.165) is 30.2 Å². The van der Waals surface area contributed by atoms with Crippen molar-refractivity contribution in [2.45, 2.75) is 39.8 Å². The maximum absolute atomic E-state index is 11.8. The zero-order valence-electron chi connectivity index (χ0n) is 16.7. The van der Waals surface area contributed by atoms with Gasteiger partial charge in [-0.1, -0.05) is 17.7 Å². The number of benzene rings is 1. The highest BCUT2D eigenvalue weighted by Gasteiger charge is 2.31. The Morgan fingerprint density at radius 2 is 1.93 bits per heavy atom. The molecule has 2 heterocycles. The summed E-state index contributed by atoms with van der Waals surface area (Å²) in [6.45, 7) is 8.52. The van der Waals surface area contributed by atoms with Crippen LogP contribution in [0, 0.1) is 20.8 Å². The standard InChI is InChI=1S/C20H29N3O3S/c1-15-5-7-19(8-6-15)26-11-10-22(4)13-20-16(2)21-23(17(20)3)18-9-12-27(24,25)14-18/h5-8,18H,9-14H2,1-4H3/p+1/t18-/m0/s1. The number of hydrogen-bond donors (Lipinski definition) is 1. The molecule has 1 aromatic carbocycles. The number of aryl methyl sites for hydroxylation is 2. The predicted octanol–water partition coefficient (Wildman–Crippen LogP) is 1.26. The molecule has 148 valence electrons. The van der Waals surface area contributed by atoms with Gasteiger partial charge in [-0.3, -0.25) is 4.68 Å². The highest BCUT2D eigenvalue weighted by atomic mass is 32.2. The van der Waals surface area contributed by atoms with Crippen LogP contribution < -0.4 is 9.64 Å². The molecule has 7 heteroatoms. The van der Waals surface area contributed by atoms with Gasteiger partial charge < -0.3 is 9.64 Å². The van der Waals surface area contributed by atoms with Gasteiger partial charge in [0.1, 0.15) is 25.4 Å². The van der Waals surface area contributed by atoms with E-state index in [0.29, 0.717) is 13.0 Å². The Labute approximate surface area is 162 Å². The molecule has 1 fully saturated rings. The maximum Gasteiger partial charge on any atom is 0.152 e. The first-order valence-corrected chi connectivity index (χ1v) is 11.3. The highest BCUT2D eigenvalue weighted by Crippen LogP contribution is 2.26. The Hall–Kier alpha value is -1.86. The third-order valence-electron chi connectivity index (χ3n) is 5.33. The number of quaternary nitrogens is 1. The van der Waals surface area contributed by atoms with E-state index in [1.807, 2.05) is 23.7 Å². The predicted molar refractivity (Wildman–Crippen MR) is 106 cm³/mol. The minimum Gasteiger partial charge on any atom is -0.488 e. The van der Waals surface area contributed by atoms with E-state index in [-0.39, 0.29) is 17.5 Å². The Kier molecular flexibility index (Phi) is 5.91. The molecule has 0 radical (unpaired) electrons. The Morgan fingerprint density at radius 3 is 2.56 bits per heavy atom. The monoisotopic (exact) mass is 392 g/mol. The summed E-state index contributed by atoms with van der Waals surface area (Å²) < 4.78 is 31.3. The van der Waals surface area contributed by atoms with E-state index in [1.165, 1.54) is 16.0 Å². The maximum atomic E-state index is 11.8. The van der Waals surface area contributed by atoms with Crippen LogP contribution in [0.15, 0.2) is 24.3 Å². The third kappa shape index (κ3) is 4.90. The van der Waals surface area contributed by atoms with E-state index >= 15 is 0 Å². The molecule has 1 aliphatic rings. The van der Waals surface area contributed by atoms with Gasteiger partial charge in [0.05, 0.1) is 35.9 Å². The van der Waals surface area contributed by atoms with Crippen LogP contribution in [-0.4, -0.2) is 49.9 Å². The zero-order chi connectivity index (χ0) is 19.6. The summed E-state index contributed by atoms with van der Waals surface area (Å²) in [5, 5.41) is 4.65. The van der Waals surface area contributed by atoms with E-state index in [2.05, 4.69) is 38.1 Å². The van der Waals surface area contributed by atoms with Crippen LogP contribution in [0.4, 0.5) is 0 Å². The Morgan fingerprint density at radius 1 is 1.22 bits per heavy atom. The molecule has 0 saturated carbocycles. The highest BCUT2D eigenvalue weighted by molar-refractivity contribution is 7.91. The summed E-state index contributed by atoms with van der Waals surface area (Å²) in [4.78, 5) is 1.34. The molecule has 27 heavy (non-hydrogen) atoms. The molecule has 0 aliphatic carbocycles. The number of nitrogens with one attached hydrogen (secondary N) is 1. The molecule has 3 rings (SSSR count). The van der Waals surface area contributed by atoms with Gasteiger partial charge >= 0.3 is 0 Å². The molecule has 1 saturated heterocycles. The van der Waals surface area contributed by atoms with Gasteiger partial charge in [-0.15, -0.1) is 0 Å². The number of nitrogens with zero attached hydrogens (tertiary/aromatic N) is 2. The zero-order valence-corrected chi connectivity index (χ0v) is 17.5. The van der Waals surface area contributed by atoms with Crippen molar-refractivity contribution in [3.05, 3.63) is 46.8 Å². The van der Waals surface area contributed by atoms with Gasteiger partial charge in [0.15, 0.2) is 9.84 Å². The molecule has 0 amide bonds. The van der Waals surface area contributed by atoms with Gasteiger partial charge in [-0.2, -0.15) is 5.10 Å². The smallest absolute Gasteiger partial charge is 0.152 e. The van der Waals surface area contributed by atoms with Gasteiger partial charge in [-0.05, 0) is 39.3 Å². The van der Waals surface area contributed by atoms with E-state index < -0.39 is 9.84 Å². The number of sulfone groups is 1. The lowest BCUT2D eigenvalue weighted by Crippen LogP contribution is -3.08. The third-order valence-corrected chi connectivity index (χ3v) is 7.08. The van der Waals surface area contributed by atoms with Crippen LogP contribution in [0.5, 0.6) is 5.75 Å². The molecule has 6 nitrogen and oxygen atoms in total. The van der Waals surface area contributed by atoms with Crippen molar-refractivity contribution in [2.24, 2.45) is 0 Å². The van der Waals surface area contributed by atoms with E-state index in [1.54, 1.807) is 0 Å². The van der Waals surface area contributed by atoms with Crippen molar-refractivity contribution in [1.29, 1.82) is 0 Å². The van der Waals surface area contributed by atoms with Crippen LogP contribution >= 0.6 is 0 Å². The number of likely N-dealkylation sites (N-methyl/N-ethyl adjacent to an activating group) is 1. The van der Waals surface area contributed by atoms with Crippen LogP contribution in [0.1, 0.15) is 35.0 Å². The number of rotatable bonds is 7. The topological polar surface area (TPSA) is 65.6 Å². The molecule has 1 unspecified atom stereocenters. The van der Waals surface area contributed by atoms with Crippen molar-refractivity contribution in [2.75, 3.05) is 31.7 Å². The largest absolute Gasteiger partial charge is 0.488 e. The fourth-order valence-corrected chi connectivity index (χ4v) is 5.34. The average Bonchev–Trinajstić information content (AvgIpc) is 3.10. The second-order valence-corrected chi connectivity index (χ2v) is 9.92. The van der Waals surface area contributed by atoms with Gasteiger partial charge in [0.25, 0.3) is 0 Å². The van der Waals surface area contributed by atoms with Crippen LogP contribution in [-0.2, 0) is 16.4 Å². The average molecular weight is 393 g/mol. The van der Waals surface area contributed by atoms with Gasteiger partial charge in [0.2, 0.25) is 0 Å². The summed E-state index contributed by atoms with van der Waals surface area (Å²) >= 11 is 0. The molecule has 1 N–H and O–H groups in total. The molecule has 1 aromatic heterocycles. The second kappa shape index (κ2) is 8.02. The quantitative estimate of drug-likeness (QED) is 0.771. The second-order valence-electron chi connectivity index (χ2n) is 7.70. The molecular formula is C20H30N3O3S+. The summed E-state index contributed by atoms with van der Waals surface area (Å²) in [6, 6.07) is 8.08. The number of aromatic nitrogens is 2. The SMILES string of the molecule is Cc1ccc(OCC[NH+](C)Cc2c(C)nn([C@H]3CCS(=O)(=O)C3)c2C)cc1. The Bertz CT molecular complexity index is 888. The summed E-state index contributed by atoms with van der Waals surface area (Å²) in [5.41, 5.74) is 4.53. The molecule has 0 spiro atoms. The molecular weight excluding hydrogens is 362 g/mol. The minimum absolute atomic E-state index is 0.0207. The van der Waals surface area contributed by atoms with Crippen molar-refractivity contribution >= 4 is 9.84 Å². The van der Waals surface area contributed by atoms with Crippen molar-refractivity contribution < 1.29 is 18.1 Å². The lowest BCUT2D eigenvalue weighted by Gasteiger charge is -2.16. The van der Waals surface area contributed by atoms with Gasteiger partial charge in [0, 0.05) is 5.69 Å². The van der Waals surface area contributed by atoms with Crippen molar-refractivity contribution in [3.63, 3.8) is 0 Å². The fraction of sp³-hybridized carbons (Fsp3) is 0.550. The summed E-state index contributed by atoms with van der Waals surface area (Å²) in [5.74, 6) is 1.38. The Balaban J connectivity index is 1.57. The first-order valence-electron chi connectivity index (χ1n) is 9.51. The van der Waals surface area contributed by atoms with E-state index in [4.69, 9.17) is 4.74 Å². The van der Waals surface area contributed by atoms with Crippen LogP contribution in [0.3, 0.4) is 0 Å². The molecule has 1 aliphatic heterocycles. The van der Waals surface area contributed by atoms with Crippen LogP contribution in [0.25, 0.3) is 0 Å².